The van der Waals surface area contributed by atoms with E-state index in [0.29, 0.717) is 19.0 Å². The molecule has 1 saturated heterocycles. The predicted octanol–water partition coefficient (Wildman–Crippen LogP) is 5.18. The Morgan fingerprint density at radius 3 is 2.03 bits per heavy atom. The Labute approximate surface area is 182 Å². The summed E-state index contributed by atoms with van der Waals surface area (Å²) in [6.07, 6.45) is -0.0729. The zero-order valence-electron chi connectivity index (χ0n) is 20.2. The molecule has 30 heavy (non-hydrogen) atoms. The van der Waals surface area contributed by atoms with Gasteiger partial charge in [-0.1, -0.05) is 34.6 Å². The van der Waals surface area contributed by atoms with Crippen LogP contribution in [0, 0.1) is 10.8 Å². The molecule has 1 heterocycles. The lowest BCUT2D eigenvalue weighted by atomic mass is 9.57. The molecule has 1 aliphatic rings. The topological polar surface area (TPSA) is 69.2 Å². The van der Waals surface area contributed by atoms with Gasteiger partial charge in [0.25, 0.3) is 0 Å². The minimum atomic E-state index is -0.515. The van der Waals surface area contributed by atoms with Gasteiger partial charge < -0.3 is 29.4 Å². The van der Waals surface area contributed by atoms with Crippen molar-refractivity contribution in [3.63, 3.8) is 0 Å². The highest BCUT2D eigenvalue weighted by atomic mass is 16.7. The summed E-state index contributed by atoms with van der Waals surface area (Å²) >= 11 is 0. The molecule has 0 spiro atoms. The van der Waals surface area contributed by atoms with E-state index in [9.17, 15) is 5.11 Å². The second kappa shape index (κ2) is 9.33. The lowest BCUT2D eigenvalue weighted by Crippen LogP contribution is -2.69. The first kappa shape index (κ1) is 24.8. The van der Waals surface area contributed by atoms with Crippen LogP contribution in [-0.2, 0) is 15.0 Å². The third kappa shape index (κ3) is 5.40. The van der Waals surface area contributed by atoms with Crippen molar-refractivity contribution in [2.24, 2.45) is 10.8 Å². The van der Waals surface area contributed by atoms with Crippen molar-refractivity contribution >= 4 is 0 Å². The molecule has 2 N–H and O–H groups in total. The number of hydrogen-bond acceptors (Lipinski definition) is 6. The summed E-state index contributed by atoms with van der Waals surface area (Å²) in [5, 5.41) is 14.6. The minimum absolute atomic E-state index is 0.0243. The van der Waals surface area contributed by atoms with E-state index in [1.165, 1.54) is 0 Å². The smallest absolute Gasteiger partial charge is 0.206 e. The Balaban J connectivity index is 2.54. The van der Waals surface area contributed by atoms with Crippen molar-refractivity contribution in [1.29, 1.82) is 0 Å². The van der Waals surface area contributed by atoms with Crippen LogP contribution in [0.2, 0.25) is 0 Å². The van der Waals surface area contributed by atoms with E-state index in [1.54, 1.807) is 13.0 Å². The van der Waals surface area contributed by atoms with Gasteiger partial charge in [0.2, 0.25) is 5.75 Å². The van der Waals surface area contributed by atoms with Gasteiger partial charge in [-0.25, -0.2) is 0 Å². The Morgan fingerprint density at radius 2 is 1.60 bits per heavy atom. The Bertz CT molecular complexity index is 712. The van der Waals surface area contributed by atoms with Crippen LogP contribution in [0.15, 0.2) is 12.1 Å². The first-order valence-corrected chi connectivity index (χ1v) is 11.0. The highest BCUT2D eigenvalue weighted by molar-refractivity contribution is 5.55. The van der Waals surface area contributed by atoms with Crippen molar-refractivity contribution < 1.29 is 24.1 Å². The molecule has 0 aliphatic carbocycles. The monoisotopic (exact) mass is 423 g/mol. The SMILES string of the molecule is CCOC(C)Oc1cc(C2(CC(C)(C)C)NCC2(C)C)cc(O)c1OC(C)OCC. The largest absolute Gasteiger partial charge is 0.504 e. The average Bonchev–Trinajstić information content (AvgIpc) is 2.61. The van der Waals surface area contributed by atoms with Gasteiger partial charge in [0, 0.05) is 19.8 Å². The van der Waals surface area contributed by atoms with Gasteiger partial charge in [0.1, 0.15) is 0 Å². The zero-order chi connectivity index (χ0) is 22.7. The van der Waals surface area contributed by atoms with Crippen LogP contribution in [0.3, 0.4) is 0 Å². The van der Waals surface area contributed by atoms with Crippen molar-refractivity contribution in [3.8, 4) is 17.2 Å². The highest BCUT2D eigenvalue weighted by Gasteiger charge is 2.55. The van der Waals surface area contributed by atoms with Crippen LogP contribution < -0.4 is 14.8 Å². The predicted molar refractivity (Wildman–Crippen MR) is 119 cm³/mol. The van der Waals surface area contributed by atoms with Crippen molar-refractivity contribution in [3.05, 3.63) is 17.7 Å². The fraction of sp³-hybridized carbons (Fsp3) is 0.750. The summed E-state index contributed by atoms with van der Waals surface area (Å²) < 4.78 is 23.0. The van der Waals surface area contributed by atoms with Gasteiger partial charge >= 0.3 is 0 Å². The molecule has 6 nitrogen and oxygen atoms in total. The van der Waals surface area contributed by atoms with Gasteiger partial charge in [0.05, 0.1) is 5.54 Å². The number of rotatable bonds is 10. The molecule has 0 radical (unpaired) electrons. The Morgan fingerprint density at radius 1 is 1.03 bits per heavy atom. The molecule has 1 aliphatic heterocycles. The maximum absolute atomic E-state index is 11.0. The van der Waals surface area contributed by atoms with Gasteiger partial charge in [-0.15, -0.1) is 0 Å². The van der Waals surface area contributed by atoms with Crippen molar-refractivity contribution in [1.82, 2.24) is 5.32 Å². The highest BCUT2D eigenvalue weighted by Crippen LogP contribution is 2.55. The molecule has 1 fully saturated rings. The lowest BCUT2D eigenvalue weighted by molar-refractivity contribution is -0.0778. The van der Waals surface area contributed by atoms with E-state index in [-0.39, 0.29) is 27.9 Å². The van der Waals surface area contributed by atoms with E-state index >= 15 is 0 Å². The number of hydrogen-bond donors (Lipinski definition) is 2. The van der Waals surface area contributed by atoms with Gasteiger partial charge in [-0.3, -0.25) is 0 Å². The molecule has 3 unspecified atom stereocenters. The van der Waals surface area contributed by atoms with Crippen LogP contribution >= 0.6 is 0 Å². The number of nitrogens with one attached hydrogen (secondary N) is 1. The molecular formula is C24H41NO5. The summed E-state index contributed by atoms with van der Waals surface area (Å²) in [4.78, 5) is 0. The van der Waals surface area contributed by atoms with E-state index in [0.717, 1.165) is 18.5 Å². The first-order valence-electron chi connectivity index (χ1n) is 11.0. The van der Waals surface area contributed by atoms with Crippen LogP contribution in [0.1, 0.15) is 74.3 Å². The van der Waals surface area contributed by atoms with Crippen molar-refractivity contribution in [2.75, 3.05) is 19.8 Å². The molecular weight excluding hydrogens is 382 g/mol. The molecule has 6 heteroatoms. The maximum atomic E-state index is 11.0. The molecule has 0 bridgehead atoms. The van der Waals surface area contributed by atoms with Gasteiger partial charge in [-0.2, -0.15) is 0 Å². The first-order chi connectivity index (χ1) is 13.8. The standard InChI is InChI=1S/C24H41NO5/c1-10-27-16(3)29-20-13-18(12-19(26)21(20)30-17(4)28-11-2)24(14-22(5,6)7)23(8,9)15-25-24/h12-13,16-17,25-26H,10-11,14-15H2,1-9H3. The van der Waals surface area contributed by atoms with E-state index in [1.807, 2.05) is 26.8 Å². The number of aromatic hydroxyl groups is 1. The molecule has 0 aromatic heterocycles. The number of phenolic OH excluding ortho intramolecular Hbond substituents is 1. The van der Waals surface area contributed by atoms with Crippen LogP contribution in [0.25, 0.3) is 0 Å². The van der Waals surface area contributed by atoms with Crippen LogP contribution in [0.4, 0.5) is 0 Å². The van der Waals surface area contributed by atoms with Crippen LogP contribution in [0.5, 0.6) is 17.2 Å². The number of ether oxygens (including phenoxy) is 4. The maximum Gasteiger partial charge on any atom is 0.206 e. The van der Waals surface area contributed by atoms with Crippen molar-refractivity contribution in [2.45, 2.75) is 86.9 Å². The van der Waals surface area contributed by atoms with Gasteiger partial charge in [-0.05, 0) is 62.6 Å². The quantitative estimate of drug-likeness (QED) is 0.506. The molecule has 3 atom stereocenters. The summed E-state index contributed by atoms with van der Waals surface area (Å²) in [6, 6.07) is 3.77. The average molecular weight is 424 g/mol. The summed E-state index contributed by atoms with van der Waals surface area (Å²) in [6.45, 7) is 20.6. The summed E-state index contributed by atoms with van der Waals surface area (Å²) in [5.74, 6) is 0.764. The summed E-state index contributed by atoms with van der Waals surface area (Å²) in [5.41, 5.74) is 0.829. The number of benzene rings is 1. The molecule has 2 rings (SSSR count). The Hall–Kier alpha value is -1.50. The third-order valence-corrected chi connectivity index (χ3v) is 5.69. The van der Waals surface area contributed by atoms with Gasteiger partial charge in [0.15, 0.2) is 24.1 Å². The lowest BCUT2D eigenvalue weighted by Gasteiger charge is -2.60. The fourth-order valence-electron chi connectivity index (χ4n) is 4.27. The zero-order valence-corrected chi connectivity index (χ0v) is 20.2. The number of phenols is 1. The minimum Gasteiger partial charge on any atom is -0.504 e. The second-order valence-electron chi connectivity index (χ2n) is 9.98. The third-order valence-electron chi connectivity index (χ3n) is 5.69. The molecule has 1 aromatic rings. The Kier molecular flexibility index (Phi) is 7.70. The van der Waals surface area contributed by atoms with E-state index in [4.69, 9.17) is 18.9 Å². The normalized spacial score (nSPS) is 22.8. The molecule has 172 valence electrons. The second-order valence-corrected chi connectivity index (χ2v) is 9.98. The summed E-state index contributed by atoms with van der Waals surface area (Å²) in [7, 11) is 0. The molecule has 0 amide bonds. The van der Waals surface area contributed by atoms with E-state index in [2.05, 4.69) is 39.9 Å². The molecule has 1 aromatic carbocycles. The van der Waals surface area contributed by atoms with E-state index < -0.39 is 12.6 Å². The molecule has 0 saturated carbocycles. The van der Waals surface area contributed by atoms with Crippen LogP contribution in [-0.4, -0.2) is 37.4 Å². The fourth-order valence-corrected chi connectivity index (χ4v) is 4.27.